The van der Waals surface area contributed by atoms with Crippen LogP contribution in [0.15, 0.2) is 35.9 Å². The summed E-state index contributed by atoms with van der Waals surface area (Å²) in [6.45, 7) is 9.50. The lowest BCUT2D eigenvalue weighted by Gasteiger charge is -2.53. The molecule has 2 aliphatic rings. The van der Waals surface area contributed by atoms with Crippen LogP contribution in [-0.2, 0) is 16.1 Å². The van der Waals surface area contributed by atoms with Crippen molar-refractivity contribution in [3.63, 3.8) is 0 Å². The largest absolute Gasteiger partial charge is 0.496 e. The van der Waals surface area contributed by atoms with Crippen molar-refractivity contribution < 1.29 is 19.4 Å². The molecule has 0 heterocycles. The highest BCUT2D eigenvalue weighted by atomic mass is 16.5. The minimum atomic E-state index is -0.820. The molecule has 1 aromatic rings. The molecular weight excluding hydrogens is 378 g/mol. The fourth-order valence-corrected chi connectivity index (χ4v) is 5.43. The minimum Gasteiger partial charge on any atom is -0.496 e. The third-order valence-corrected chi connectivity index (χ3v) is 7.30. The molecule has 2 N–H and O–H groups in total. The molecule has 5 nitrogen and oxygen atoms in total. The van der Waals surface area contributed by atoms with Gasteiger partial charge in [0.25, 0.3) is 0 Å². The predicted octanol–water partition coefficient (Wildman–Crippen LogP) is 4.10. The Labute approximate surface area is 180 Å². The first-order valence-electron chi connectivity index (χ1n) is 11.2. The highest BCUT2D eigenvalue weighted by molar-refractivity contribution is 5.66. The number of hydrogen-bond acceptors (Lipinski definition) is 5. The highest BCUT2D eigenvalue weighted by Gasteiger charge is 2.52. The van der Waals surface area contributed by atoms with Gasteiger partial charge in [-0.1, -0.05) is 38.1 Å². The van der Waals surface area contributed by atoms with E-state index >= 15 is 0 Å². The lowest BCUT2D eigenvalue weighted by molar-refractivity contribution is -0.159. The number of nitrogens with one attached hydrogen (secondary N) is 1. The van der Waals surface area contributed by atoms with E-state index in [2.05, 4.69) is 31.3 Å². The number of carbonyl (C=O) groups is 1. The quantitative estimate of drug-likeness (QED) is 0.518. The number of fused-ring (bicyclic) bond motifs is 1. The van der Waals surface area contributed by atoms with Crippen molar-refractivity contribution in [3.05, 3.63) is 41.5 Å². The zero-order chi connectivity index (χ0) is 21.9. The average Bonchev–Trinajstić information content (AvgIpc) is 2.70. The first kappa shape index (κ1) is 22.8. The van der Waals surface area contributed by atoms with Crippen molar-refractivity contribution >= 4 is 5.97 Å². The molecule has 0 saturated heterocycles. The second kappa shape index (κ2) is 9.52. The Bertz CT molecular complexity index is 776. The fourth-order valence-electron chi connectivity index (χ4n) is 5.43. The summed E-state index contributed by atoms with van der Waals surface area (Å²) in [6, 6.07) is 8.08. The summed E-state index contributed by atoms with van der Waals surface area (Å²) in [5.41, 5.74) is 1.39. The van der Waals surface area contributed by atoms with E-state index in [0.717, 1.165) is 42.8 Å². The maximum Gasteiger partial charge on any atom is 0.303 e. The van der Waals surface area contributed by atoms with Gasteiger partial charge >= 0.3 is 5.97 Å². The molecule has 1 aromatic carbocycles. The summed E-state index contributed by atoms with van der Waals surface area (Å²) in [7, 11) is 1.70. The van der Waals surface area contributed by atoms with Crippen molar-refractivity contribution in [3.8, 4) is 5.75 Å². The molecule has 30 heavy (non-hydrogen) atoms. The summed E-state index contributed by atoms with van der Waals surface area (Å²) in [4.78, 5) is 11.5. The number of methoxy groups -OCH3 is 1. The van der Waals surface area contributed by atoms with Crippen LogP contribution in [0.1, 0.15) is 52.5 Å². The van der Waals surface area contributed by atoms with Crippen LogP contribution >= 0.6 is 0 Å². The summed E-state index contributed by atoms with van der Waals surface area (Å²) < 4.78 is 11.0. The molecule has 1 fully saturated rings. The van der Waals surface area contributed by atoms with Crippen LogP contribution in [0.5, 0.6) is 5.75 Å². The Morgan fingerprint density at radius 1 is 1.33 bits per heavy atom. The molecule has 1 unspecified atom stereocenters. The lowest BCUT2D eigenvalue weighted by atomic mass is 9.57. The monoisotopic (exact) mass is 415 g/mol. The number of benzene rings is 1. The Kier molecular flexibility index (Phi) is 7.25. The van der Waals surface area contributed by atoms with Gasteiger partial charge < -0.3 is 19.9 Å². The molecule has 0 amide bonds. The topological polar surface area (TPSA) is 67.8 Å². The van der Waals surface area contributed by atoms with Crippen LogP contribution in [0.3, 0.4) is 0 Å². The Morgan fingerprint density at radius 3 is 2.77 bits per heavy atom. The summed E-state index contributed by atoms with van der Waals surface area (Å²) >= 11 is 0. The standard InChI is InChI=1S/C25H37NO4/c1-16-12-22-21(11-10-18(3)25(22,28)13-24(16)30-19(4)27)17(2)14-26-15-20-8-6-7-9-23(20)29-5/h6-9,12,17-18,21-22,24,26,28H,10-11,13-15H2,1-5H3/t17?,18-,21+,22-,24-,25-/m1/s1. The molecule has 5 heteroatoms. The van der Waals surface area contributed by atoms with E-state index in [-0.39, 0.29) is 23.9 Å². The van der Waals surface area contributed by atoms with Crippen molar-refractivity contribution in [2.75, 3.05) is 13.7 Å². The van der Waals surface area contributed by atoms with Gasteiger partial charge in [-0.15, -0.1) is 0 Å². The number of carbonyl (C=O) groups excluding carboxylic acids is 1. The second-order valence-electron chi connectivity index (χ2n) is 9.29. The molecule has 1 saturated carbocycles. The second-order valence-corrected chi connectivity index (χ2v) is 9.29. The molecule has 3 rings (SSSR count). The van der Waals surface area contributed by atoms with Gasteiger partial charge in [0, 0.05) is 31.4 Å². The van der Waals surface area contributed by atoms with E-state index in [1.54, 1.807) is 7.11 Å². The van der Waals surface area contributed by atoms with Crippen molar-refractivity contribution in [2.24, 2.45) is 23.7 Å². The van der Waals surface area contributed by atoms with Gasteiger partial charge in [-0.25, -0.2) is 0 Å². The van der Waals surface area contributed by atoms with Crippen LogP contribution in [-0.4, -0.2) is 36.4 Å². The van der Waals surface area contributed by atoms with E-state index in [4.69, 9.17) is 9.47 Å². The number of rotatable bonds is 7. The third kappa shape index (κ3) is 4.73. The molecule has 6 atom stereocenters. The number of ether oxygens (including phenoxy) is 2. The molecule has 0 aliphatic heterocycles. The average molecular weight is 416 g/mol. The number of aliphatic hydroxyl groups is 1. The van der Waals surface area contributed by atoms with Crippen LogP contribution in [0.4, 0.5) is 0 Å². The molecule has 166 valence electrons. The Morgan fingerprint density at radius 2 is 2.07 bits per heavy atom. The number of para-hydroxylation sites is 1. The maximum absolute atomic E-state index is 11.7. The minimum absolute atomic E-state index is 0.0936. The van der Waals surface area contributed by atoms with Crippen LogP contribution in [0.2, 0.25) is 0 Å². The van der Waals surface area contributed by atoms with Gasteiger partial charge in [0.05, 0.1) is 12.7 Å². The van der Waals surface area contributed by atoms with Crippen LogP contribution < -0.4 is 10.1 Å². The zero-order valence-electron chi connectivity index (χ0n) is 19.0. The SMILES string of the molecule is COc1ccccc1CNCC(C)[C@@H]1CC[C@@H](C)[C@]2(O)C[C@@H](OC(C)=O)C(C)=C[C@H]12. The van der Waals surface area contributed by atoms with E-state index in [0.29, 0.717) is 18.3 Å². The van der Waals surface area contributed by atoms with Crippen LogP contribution in [0.25, 0.3) is 0 Å². The van der Waals surface area contributed by atoms with Gasteiger partial charge in [0.15, 0.2) is 0 Å². The normalized spacial score (nSPS) is 32.0. The van der Waals surface area contributed by atoms with Crippen molar-refractivity contribution in [1.82, 2.24) is 5.32 Å². The lowest BCUT2D eigenvalue weighted by Crippen LogP contribution is -2.56. The predicted molar refractivity (Wildman–Crippen MR) is 118 cm³/mol. The van der Waals surface area contributed by atoms with E-state index in [1.165, 1.54) is 6.92 Å². The summed E-state index contributed by atoms with van der Waals surface area (Å²) in [5.74, 6) is 1.71. The Hall–Kier alpha value is -1.85. The van der Waals surface area contributed by atoms with E-state index in [1.807, 2.05) is 25.1 Å². The molecule has 2 aliphatic carbocycles. The molecule has 0 bridgehead atoms. The highest BCUT2D eigenvalue weighted by Crippen LogP contribution is 2.51. The van der Waals surface area contributed by atoms with Crippen molar-refractivity contribution in [2.45, 2.75) is 65.2 Å². The van der Waals surface area contributed by atoms with Gasteiger partial charge in [0.2, 0.25) is 0 Å². The molecule has 0 spiro atoms. The van der Waals surface area contributed by atoms with E-state index in [9.17, 15) is 9.90 Å². The zero-order valence-corrected chi connectivity index (χ0v) is 19.0. The Balaban J connectivity index is 1.69. The van der Waals surface area contributed by atoms with Gasteiger partial charge in [-0.2, -0.15) is 0 Å². The van der Waals surface area contributed by atoms with E-state index < -0.39 is 5.60 Å². The molecule has 0 aromatic heterocycles. The van der Waals surface area contributed by atoms with Gasteiger partial charge in [-0.05, 0) is 55.7 Å². The first-order chi connectivity index (χ1) is 14.3. The van der Waals surface area contributed by atoms with Crippen LogP contribution in [0, 0.1) is 23.7 Å². The first-order valence-corrected chi connectivity index (χ1v) is 11.2. The third-order valence-electron chi connectivity index (χ3n) is 7.30. The fraction of sp³-hybridized carbons (Fsp3) is 0.640. The summed E-state index contributed by atoms with van der Waals surface area (Å²) in [5, 5.41) is 15.3. The van der Waals surface area contributed by atoms with Gasteiger partial charge in [0.1, 0.15) is 11.9 Å². The van der Waals surface area contributed by atoms with Crippen molar-refractivity contribution in [1.29, 1.82) is 0 Å². The maximum atomic E-state index is 11.7. The number of esters is 1. The number of hydrogen-bond donors (Lipinski definition) is 2. The van der Waals surface area contributed by atoms with Gasteiger partial charge in [-0.3, -0.25) is 4.79 Å². The molecule has 0 radical (unpaired) electrons. The molecular formula is C25H37NO4. The summed E-state index contributed by atoms with van der Waals surface area (Å²) in [6.07, 6.45) is 4.47. The smallest absolute Gasteiger partial charge is 0.303 e.